The third-order valence-electron chi connectivity index (χ3n) is 4.42. The summed E-state index contributed by atoms with van der Waals surface area (Å²) in [4.78, 5) is 28.2. The van der Waals surface area contributed by atoms with Crippen molar-refractivity contribution < 1.29 is 9.59 Å². The van der Waals surface area contributed by atoms with Crippen molar-refractivity contribution in [1.82, 2.24) is 10.2 Å². The molecule has 1 atom stereocenters. The van der Waals surface area contributed by atoms with Gasteiger partial charge in [-0.05, 0) is 43.5 Å². The van der Waals surface area contributed by atoms with Crippen molar-refractivity contribution in [3.8, 4) is 0 Å². The van der Waals surface area contributed by atoms with Crippen LogP contribution in [0.25, 0.3) is 0 Å². The number of benzene rings is 2. The van der Waals surface area contributed by atoms with E-state index >= 15 is 0 Å². The molecule has 0 aromatic heterocycles. The second kappa shape index (κ2) is 10.8. The van der Waals surface area contributed by atoms with Gasteiger partial charge in [-0.25, -0.2) is 0 Å². The topological polar surface area (TPSA) is 49.4 Å². The quantitative estimate of drug-likeness (QED) is 0.664. The van der Waals surface area contributed by atoms with E-state index in [1.807, 2.05) is 68.4 Å². The summed E-state index contributed by atoms with van der Waals surface area (Å²) in [5.74, 6) is 0.163. The second-order valence-corrected chi connectivity index (χ2v) is 7.57. The number of amides is 2. The number of nitrogens with one attached hydrogen (secondary N) is 1. The average Bonchev–Trinajstić information content (AvgIpc) is 2.70. The van der Waals surface area contributed by atoms with Crippen LogP contribution in [0.1, 0.15) is 31.4 Å². The molecule has 0 radical (unpaired) electrons. The second-order valence-electron chi connectivity index (χ2n) is 6.52. The minimum absolute atomic E-state index is 0.0359. The van der Waals surface area contributed by atoms with Gasteiger partial charge in [0.05, 0.1) is 5.75 Å². The SMILES string of the molecule is CCCNC(=O)[C@@H](C)N(Cc1ccccc1C)C(=O)CSc1ccccc1. The summed E-state index contributed by atoms with van der Waals surface area (Å²) < 4.78 is 0. The van der Waals surface area contributed by atoms with Crippen LogP contribution in [-0.4, -0.2) is 35.1 Å². The van der Waals surface area contributed by atoms with E-state index in [0.29, 0.717) is 18.8 Å². The van der Waals surface area contributed by atoms with Gasteiger partial charge < -0.3 is 10.2 Å². The maximum Gasteiger partial charge on any atom is 0.242 e. The van der Waals surface area contributed by atoms with Crippen LogP contribution in [0.3, 0.4) is 0 Å². The molecule has 0 aliphatic heterocycles. The van der Waals surface area contributed by atoms with Crippen LogP contribution in [0.4, 0.5) is 0 Å². The van der Waals surface area contributed by atoms with Crippen molar-refractivity contribution >= 4 is 23.6 Å². The summed E-state index contributed by atoms with van der Waals surface area (Å²) in [6.07, 6.45) is 0.869. The van der Waals surface area contributed by atoms with Crippen LogP contribution in [-0.2, 0) is 16.1 Å². The Balaban J connectivity index is 2.13. The van der Waals surface area contributed by atoms with Crippen LogP contribution >= 0.6 is 11.8 Å². The summed E-state index contributed by atoms with van der Waals surface area (Å²) in [5.41, 5.74) is 2.18. The van der Waals surface area contributed by atoms with Gasteiger partial charge in [-0.1, -0.05) is 49.4 Å². The number of hydrogen-bond donors (Lipinski definition) is 1. The zero-order chi connectivity index (χ0) is 19.6. The Bertz CT molecular complexity index is 749. The lowest BCUT2D eigenvalue weighted by molar-refractivity contribution is -0.138. The normalized spacial score (nSPS) is 11.7. The summed E-state index contributed by atoms with van der Waals surface area (Å²) in [7, 11) is 0. The Hall–Kier alpha value is -2.27. The third kappa shape index (κ3) is 6.43. The number of hydrogen-bond acceptors (Lipinski definition) is 3. The fourth-order valence-corrected chi connectivity index (χ4v) is 3.50. The molecule has 1 N–H and O–H groups in total. The largest absolute Gasteiger partial charge is 0.354 e. The molecule has 2 aromatic rings. The number of rotatable bonds is 9. The molecule has 5 heteroatoms. The van der Waals surface area contributed by atoms with Crippen LogP contribution in [0, 0.1) is 6.92 Å². The van der Waals surface area contributed by atoms with E-state index in [2.05, 4.69) is 5.32 Å². The molecular weight excluding hydrogens is 356 g/mol. The van der Waals surface area contributed by atoms with Gasteiger partial charge >= 0.3 is 0 Å². The molecule has 2 rings (SSSR count). The number of aryl methyl sites for hydroxylation is 1. The van der Waals surface area contributed by atoms with E-state index in [1.54, 1.807) is 11.8 Å². The number of carbonyl (C=O) groups excluding carboxylic acids is 2. The molecular formula is C22H28N2O2S. The molecule has 144 valence electrons. The fraction of sp³-hybridized carbons (Fsp3) is 0.364. The van der Waals surface area contributed by atoms with Gasteiger partial charge in [-0.2, -0.15) is 0 Å². The van der Waals surface area contributed by atoms with Gasteiger partial charge in [0.2, 0.25) is 11.8 Å². The molecule has 4 nitrogen and oxygen atoms in total. The highest BCUT2D eigenvalue weighted by Crippen LogP contribution is 2.20. The molecule has 0 spiro atoms. The van der Waals surface area contributed by atoms with Gasteiger partial charge in [-0.3, -0.25) is 9.59 Å². The first-order valence-corrected chi connectivity index (χ1v) is 10.3. The molecule has 0 aliphatic rings. The summed E-state index contributed by atoms with van der Waals surface area (Å²) in [5, 5.41) is 2.90. The predicted molar refractivity (Wildman–Crippen MR) is 112 cm³/mol. The van der Waals surface area contributed by atoms with E-state index in [1.165, 1.54) is 11.8 Å². The number of nitrogens with zero attached hydrogens (tertiary/aromatic N) is 1. The van der Waals surface area contributed by atoms with Crippen LogP contribution < -0.4 is 5.32 Å². The van der Waals surface area contributed by atoms with Gasteiger partial charge in [-0.15, -0.1) is 11.8 Å². The third-order valence-corrected chi connectivity index (χ3v) is 5.42. The van der Waals surface area contributed by atoms with Crippen LogP contribution in [0.15, 0.2) is 59.5 Å². The summed E-state index contributed by atoms with van der Waals surface area (Å²) in [6, 6.07) is 17.3. The van der Waals surface area contributed by atoms with E-state index < -0.39 is 6.04 Å². The van der Waals surface area contributed by atoms with Crippen molar-refractivity contribution in [1.29, 1.82) is 0 Å². The van der Waals surface area contributed by atoms with Gasteiger partial charge in [0, 0.05) is 18.0 Å². The highest BCUT2D eigenvalue weighted by Gasteiger charge is 2.26. The molecule has 0 heterocycles. The average molecular weight is 385 g/mol. The molecule has 0 saturated carbocycles. The van der Waals surface area contributed by atoms with Crippen molar-refractivity contribution in [3.63, 3.8) is 0 Å². The van der Waals surface area contributed by atoms with Crippen LogP contribution in [0.2, 0.25) is 0 Å². The fourth-order valence-electron chi connectivity index (χ4n) is 2.69. The van der Waals surface area contributed by atoms with Gasteiger partial charge in [0.1, 0.15) is 6.04 Å². The first kappa shape index (κ1) is 21.0. The zero-order valence-electron chi connectivity index (χ0n) is 16.3. The van der Waals surface area contributed by atoms with E-state index in [9.17, 15) is 9.59 Å². The maximum absolute atomic E-state index is 13.0. The van der Waals surface area contributed by atoms with Crippen LogP contribution in [0.5, 0.6) is 0 Å². The molecule has 0 unspecified atom stereocenters. The maximum atomic E-state index is 13.0. The Kier molecular flexibility index (Phi) is 8.40. The highest BCUT2D eigenvalue weighted by molar-refractivity contribution is 8.00. The van der Waals surface area contributed by atoms with Crippen molar-refractivity contribution in [2.24, 2.45) is 0 Å². The Morgan fingerprint density at radius 1 is 1.07 bits per heavy atom. The standard InChI is InChI=1S/C22H28N2O2S/c1-4-14-23-22(26)18(3)24(15-19-11-9-8-10-17(19)2)21(25)16-27-20-12-6-5-7-13-20/h5-13,18H,4,14-16H2,1-3H3,(H,23,26)/t18-/m1/s1. The smallest absolute Gasteiger partial charge is 0.242 e. The first-order valence-electron chi connectivity index (χ1n) is 9.32. The summed E-state index contributed by atoms with van der Waals surface area (Å²) in [6.45, 7) is 6.89. The molecule has 0 bridgehead atoms. The monoisotopic (exact) mass is 384 g/mol. The molecule has 0 fully saturated rings. The van der Waals surface area contributed by atoms with Gasteiger partial charge in [0.15, 0.2) is 0 Å². The number of carbonyl (C=O) groups is 2. The molecule has 2 amide bonds. The molecule has 27 heavy (non-hydrogen) atoms. The zero-order valence-corrected chi connectivity index (χ0v) is 17.1. The Morgan fingerprint density at radius 3 is 2.41 bits per heavy atom. The van der Waals surface area contributed by atoms with E-state index in [4.69, 9.17) is 0 Å². The van der Waals surface area contributed by atoms with Crippen molar-refractivity contribution in [3.05, 3.63) is 65.7 Å². The lowest BCUT2D eigenvalue weighted by atomic mass is 10.1. The molecule has 0 aliphatic carbocycles. The predicted octanol–water partition coefficient (Wildman–Crippen LogP) is 4.03. The minimum atomic E-state index is -0.514. The lowest BCUT2D eigenvalue weighted by Crippen LogP contribution is -2.48. The lowest BCUT2D eigenvalue weighted by Gasteiger charge is -2.29. The Morgan fingerprint density at radius 2 is 1.74 bits per heavy atom. The number of thioether (sulfide) groups is 1. The molecule has 0 saturated heterocycles. The first-order chi connectivity index (χ1) is 13.0. The van der Waals surface area contributed by atoms with Crippen molar-refractivity contribution in [2.75, 3.05) is 12.3 Å². The molecule has 2 aromatic carbocycles. The Labute approximate surface area is 166 Å². The van der Waals surface area contributed by atoms with E-state index in [-0.39, 0.29) is 11.8 Å². The van der Waals surface area contributed by atoms with Crippen molar-refractivity contribution in [2.45, 2.75) is 44.7 Å². The summed E-state index contributed by atoms with van der Waals surface area (Å²) >= 11 is 1.50. The minimum Gasteiger partial charge on any atom is -0.354 e. The highest BCUT2D eigenvalue weighted by atomic mass is 32.2. The van der Waals surface area contributed by atoms with E-state index in [0.717, 1.165) is 22.4 Å². The van der Waals surface area contributed by atoms with Gasteiger partial charge in [0.25, 0.3) is 0 Å².